The minimum absolute atomic E-state index is 0.0793. The van der Waals surface area contributed by atoms with Gasteiger partial charge in [0.2, 0.25) is 5.91 Å². The van der Waals surface area contributed by atoms with Crippen LogP contribution in [-0.4, -0.2) is 15.4 Å². The zero-order valence-corrected chi connectivity index (χ0v) is 19.4. The van der Waals surface area contributed by atoms with Crippen LogP contribution in [0, 0.1) is 5.92 Å². The van der Waals surface area contributed by atoms with Crippen LogP contribution in [0.1, 0.15) is 56.4 Å². The fourth-order valence-corrected chi connectivity index (χ4v) is 4.17. The normalized spacial score (nSPS) is 12.0. The van der Waals surface area contributed by atoms with Crippen LogP contribution in [0.2, 0.25) is 5.02 Å². The maximum Gasteiger partial charge on any atom is 0.226 e. The molecule has 0 radical (unpaired) electrons. The van der Waals surface area contributed by atoms with E-state index in [0.29, 0.717) is 19.6 Å². The average Bonchev–Trinajstić information content (AvgIpc) is 3.22. The Morgan fingerprint density at radius 2 is 1.71 bits per heavy atom. The quantitative estimate of drug-likeness (QED) is 0.319. The number of carbonyl (C=O) groups excluding carboxylic acids is 1. The van der Waals surface area contributed by atoms with E-state index in [4.69, 9.17) is 11.6 Å². The number of carbonyl (C=O) groups is 1. The molecule has 0 spiro atoms. The molecule has 3 rings (SSSR count). The summed E-state index contributed by atoms with van der Waals surface area (Å²) in [5.41, 5.74) is 3.36. The molecule has 31 heavy (non-hydrogen) atoms. The number of rotatable bonds is 11. The maximum atomic E-state index is 13.5. The molecule has 0 aliphatic carbocycles. The smallest absolute Gasteiger partial charge is 0.226 e. The number of hydrogen-bond donors (Lipinski definition) is 0. The van der Waals surface area contributed by atoms with E-state index in [9.17, 15) is 4.79 Å². The molecule has 0 N–H and O–H groups in total. The van der Waals surface area contributed by atoms with E-state index in [1.165, 1.54) is 0 Å². The minimum Gasteiger partial charge on any atom is -0.345 e. The molecule has 2 aromatic carbocycles. The summed E-state index contributed by atoms with van der Waals surface area (Å²) in [5.74, 6) is 0.334. The van der Waals surface area contributed by atoms with E-state index in [-0.39, 0.29) is 11.8 Å². The van der Waals surface area contributed by atoms with Gasteiger partial charge in [0.05, 0.1) is 6.54 Å². The van der Waals surface area contributed by atoms with Gasteiger partial charge in [0.25, 0.3) is 0 Å². The lowest BCUT2D eigenvalue weighted by Crippen LogP contribution is -2.35. The molecule has 0 aliphatic heterocycles. The van der Waals surface area contributed by atoms with Crippen LogP contribution in [0.5, 0.6) is 0 Å². The molecular weight excluding hydrogens is 404 g/mol. The Morgan fingerprint density at radius 3 is 2.42 bits per heavy atom. The molecule has 4 heteroatoms. The molecule has 164 valence electrons. The van der Waals surface area contributed by atoms with Crippen LogP contribution in [-0.2, 0) is 24.4 Å². The second-order valence-corrected chi connectivity index (χ2v) is 8.55. The van der Waals surface area contributed by atoms with Crippen LogP contribution in [0.15, 0.2) is 72.9 Å². The van der Waals surface area contributed by atoms with Crippen LogP contribution in [0.4, 0.5) is 0 Å². The van der Waals surface area contributed by atoms with Gasteiger partial charge in [-0.1, -0.05) is 86.8 Å². The third kappa shape index (κ3) is 6.48. The molecular formula is C27H33ClN2O. The highest BCUT2D eigenvalue weighted by Gasteiger charge is 2.24. The van der Waals surface area contributed by atoms with Crippen molar-refractivity contribution in [3.63, 3.8) is 0 Å². The summed E-state index contributed by atoms with van der Waals surface area (Å²) >= 11 is 6.39. The highest BCUT2D eigenvalue weighted by Crippen LogP contribution is 2.22. The Kier molecular flexibility index (Phi) is 8.78. The summed E-state index contributed by atoms with van der Waals surface area (Å²) in [6, 6.07) is 22.4. The van der Waals surface area contributed by atoms with Gasteiger partial charge in [-0.15, -0.1) is 0 Å². The molecule has 0 aliphatic rings. The number of unbranched alkanes of at least 4 members (excludes halogenated alkanes) is 1. The molecule has 1 heterocycles. The second kappa shape index (κ2) is 11.8. The molecule has 0 saturated carbocycles. The van der Waals surface area contributed by atoms with Crippen LogP contribution in [0.25, 0.3) is 0 Å². The SMILES string of the molecule is CCCCC(CC)C(=O)N(Cc1ccccc1)Cc1cccn1Cc1ccccc1Cl. The predicted octanol–water partition coefficient (Wildman–Crippen LogP) is 6.94. The van der Waals surface area contributed by atoms with Gasteiger partial charge in [-0.3, -0.25) is 4.79 Å². The molecule has 0 fully saturated rings. The average molecular weight is 437 g/mol. The van der Waals surface area contributed by atoms with Crippen LogP contribution in [0.3, 0.4) is 0 Å². The topological polar surface area (TPSA) is 25.2 Å². The van der Waals surface area contributed by atoms with Crippen molar-refractivity contribution in [2.75, 3.05) is 0 Å². The molecule has 0 saturated heterocycles. The maximum absolute atomic E-state index is 13.5. The Morgan fingerprint density at radius 1 is 0.968 bits per heavy atom. The predicted molar refractivity (Wildman–Crippen MR) is 129 cm³/mol. The summed E-state index contributed by atoms with van der Waals surface area (Å²) in [6.45, 7) is 6.22. The van der Waals surface area contributed by atoms with E-state index in [1.54, 1.807) is 0 Å². The number of nitrogens with zero attached hydrogens (tertiary/aromatic N) is 2. The van der Waals surface area contributed by atoms with Crippen LogP contribution >= 0.6 is 11.6 Å². The summed E-state index contributed by atoms with van der Waals surface area (Å²) in [5, 5.41) is 0.769. The summed E-state index contributed by atoms with van der Waals surface area (Å²) in [7, 11) is 0. The highest BCUT2D eigenvalue weighted by atomic mass is 35.5. The molecule has 0 bridgehead atoms. The molecule has 1 atom stereocenters. The van der Waals surface area contributed by atoms with Gasteiger partial charge in [0.15, 0.2) is 0 Å². The number of halogens is 1. The van der Waals surface area contributed by atoms with Crippen molar-refractivity contribution in [1.82, 2.24) is 9.47 Å². The first-order valence-corrected chi connectivity index (χ1v) is 11.7. The summed E-state index contributed by atoms with van der Waals surface area (Å²) in [4.78, 5) is 15.6. The third-order valence-corrected chi connectivity index (χ3v) is 6.22. The van der Waals surface area contributed by atoms with E-state index in [2.05, 4.69) is 48.9 Å². The lowest BCUT2D eigenvalue weighted by atomic mass is 9.97. The molecule has 3 nitrogen and oxygen atoms in total. The lowest BCUT2D eigenvalue weighted by molar-refractivity contribution is -0.137. The highest BCUT2D eigenvalue weighted by molar-refractivity contribution is 6.31. The number of benzene rings is 2. The fourth-order valence-electron chi connectivity index (χ4n) is 3.98. The van der Waals surface area contributed by atoms with Gasteiger partial charge in [-0.05, 0) is 42.2 Å². The Labute approximate surface area is 191 Å². The molecule has 1 unspecified atom stereocenters. The first-order valence-electron chi connectivity index (χ1n) is 11.3. The van der Waals surface area contributed by atoms with Crippen LogP contribution < -0.4 is 0 Å². The lowest BCUT2D eigenvalue weighted by Gasteiger charge is -2.28. The first kappa shape index (κ1) is 23.1. The Hall–Kier alpha value is -2.52. The van der Waals surface area contributed by atoms with E-state index < -0.39 is 0 Å². The largest absolute Gasteiger partial charge is 0.345 e. The zero-order chi connectivity index (χ0) is 22.1. The van der Waals surface area contributed by atoms with Crippen molar-refractivity contribution < 1.29 is 4.79 Å². The van der Waals surface area contributed by atoms with Gasteiger partial charge in [-0.2, -0.15) is 0 Å². The second-order valence-electron chi connectivity index (χ2n) is 8.15. The molecule has 1 aromatic heterocycles. The minimum atomic E-state index is 0.0793. The Bertz CT molecular complexity index is 951. The number of hydrogen-bond acceptors (Lipinski definition) is 1. The van der Waals surface area contributed by atoms with Gasteiger partial charge in [0, 0.05) is 35.9 Å². The van der Waals surface area contributed by atoms with Gasteiger partial charge in [-0.25, -0.2) is 0 Å². The monoisotopic (exact) mass is 436 g/mol. The van der Waals surface area contributed by atoms with Crippen molar-refractivity contribution in [3.05, 3.63) is 94.8 Å². The van der Waals surface area contributed by atoms with E-state index in [0.717, 1.165) is 47.5 Å². The van der Waals surface area contributed by atoms with Crippen molar-refractivity contribution in [2.45, 2.75) is 59.2 Å². The van der Waals surface area contributed by atoms with Crippen molar-refractivity contribution in [2.24, 2.45) is 5.92 Å². The van der Waals surface area contributed by atoms with Gasteiger partial charge in [0.1, 0.15) is 0 Å². The van der Waals surface area contributed by atoms with Crippen molar-refractivity contribution >= 4 is 17.5 Å². The van der Waals surface area contributed by atoms with E-state index >= 15 is 0 Å². The molecule has 1 amide bonds. The molecule has 3 aromatic rings. The van der Waals surface area contributed by atoms with E-state index in [1.807, 2.05) is 47.4 Å². The van der Waals surface area contributed by atoms with Crippen molar-refractivity contribution in [3.8, 4) is 0 Å². The standard InChI is InChI=1S/C27H33ClN2O/c1-3-5-14-23(4-2)27(31)30(19-22-12-7-6-8-13-22)21-25-16-11-18-29(25)20-24-15-9-10-17-26(24)28/h6-13,15-18,23H,3-5,14,19-21H2,1-2H3. The zero-order valence-electron chi connectivity index (χ0n) is 18.6. The fraction of sp³-hybridized carbons (Fsp3) is 0.370. The first-order chi connectivity index (χ1) is 15.1. The van der Waals surface area contributed by atoms with Gasteiger partial charge >= 0.3 is 0 Å². The number of aromatic nitrogens is 1. The summed E-state index contributed by atoms with van der Waals surface area (Å²) < 4.78 is 2.19. The third-order valence-electron chi connectivity index (χ3n) is 5.85. The van der Waals surface area contributed by atoms with Gasteiger partial charge < -0.3 is 9.47 Å². The van der Waals surface area contributed by atoms with Crippen molar-refractivity contribution in [1.29, 1.82) is 0 Å². The summed E-state index contributed by atoms with van der Waals surface area (Å²) in [6.07, 6.45) is 6.11. The number of amides is 1. The Balaban J connectivity index is 1.82.